The molecule has 0 unspecified atom stereocenters. The predicted molar refractivity (Wildman–Crippen MR) is 64.9 cm³/mol. The molecule has 0 fully saturated rings. The molecule has 0 spiro atoms. The SMILES string of the molecule is CCCC(C)(C)c1cc(I)sc1F. The van der Waals surface area contributed by atoms with Crippen molar-refractivity contribution in [3.8, 4) is 0 Å². The Morgan fingerprint density at radius 2 is 2.15 bits per heavy atom. The topological polar surface area (TPSA) is 0 Å². The largest absolute Gasteiger partial charge is 0.195 e. The van der Waals surface area contributed by atoms with E-state index >= 15 is 0 Å². The Balaban J connectivity index is 2.98. The molecule has 0 atom stereocenters. The van der Waals surface area contributed by atoms with Gasteiger partial charge in [0, 0.05) is 5.56 Å². The quantitative estimate of drug-likeness (QED) is 0.717. The fourth-order valence-electron chi connectivity index (χ4n) is 1.56. The first-order chi connectivity index (χ1) is 5.97. The molecule has 1 aromatic heterocycles. The fourth-order valence-corrected chi connectivity index (χ4v) is 3.25. The summed E-state index contributed by atoms with van der Waals surface area (Å²) in [6.07, 6.45) is 2.13. The molecule has 0 aliphatic carbocycles. The van der Waals surface area contributed by atoms with Crippen LogP contribution >= 0.6 is 33.9 Å². The number of hydrogen-bond acceptors (Lipinski definition) is 1. The van der Waals surface area contributed by atoms with Crippen molar-refractivity contribution in [2.75, 3.05) is 0 Å². The average Bonchev–Trinajstić information content (AvgIpc) is 2.30. The maximum absolute atomic E-state index is 13.4. The normalized spacial score (nSPS) is 12.1. The minimum atomic E-state index is -0.0151. The van der Waals surface area contributed by atoms with Gasteiger partial charge in [-0.05, 0) is 40.5 Å². The van der Waals surface area contributed by atoms with Gasteiger partial charge >= 0.3 is 0 Å². The minimum absolute atomic E-state index is 0.0112. The van der Waals surface area contributed by atoms with Crippen LogP contribution in [0.4, 0.5) is 4.39 Å². The second kappa shape index (κ2) is 4.26. The lowest BCUT2D eigenvalue weighted by Gasteiger charge is -2.22. The van der Waals surface area contributed by atoms with Crippen molar-refractivity contribution in [2.24, 2.45) is 0 Å². The van der Waals surface area contributed by atoms with Crippen LogP contribution in [0.5, 0.6) is 0 Å². The molecule has 0 radical (unpaired) electrons. The van der Waals surface area contributed by atoms with Gasteiger partial charge in [-0.15, -0.1) is 0 Å². The van der Waals surface area contributed by atoms with E-state index in [1.165, 1.54) is 11.3 Å². The lowest BCUT2D eigenvalue weighted by molar-refractivity contribution is 0.452. The predicted octanol–water partition coefficient (Wildman–Crippen LogP) is 4.57. The van der Waals surface area contributed by atoms with Gasteiger partial charge in [0.2, 0.25) is 0 Å². The standard InChI is InChI=1S/C10H14FIS/c1-4-5-10(2,3)7-6-8(12)13-9(7)11/h6H,4-5H2,1-3H3. The highest BCUT2D eigenvalue weighted by atomic mass is 127. The van der Waals surface area contributed by atoms with Crippen LogP contribution < -0.4 is 0 Å². The Hall–Kier alpha value is 0.360. The highest BCUT2D eigenvalue weighted by Gasteiger charge is 2.24. The third-order valence-electron chi connectivity index (χ3n) is 2.26. The molecule has 0 nitrogen and oxygen atoms in total. The van der Waals surface area contributed by atoms with Crippen molar-refractivity contribution < 1.29 is 4.39 Å². The molecule has 0 saturated heterocycles. The zero-order valence-electron chi connectivity index (χ0n) is 8.16. The molecule has 0 N–H and O–H groups in total. The van der Waals surface area contributed by atoms with E-state index in [-0.39, 0.29) is 10.5 Å². The summed E-state index contributed by atoms with van der Waals surface area (Å²) >= 11 is 3.42. The van der Waals surface area contributed by atoms with Gasteiger partial charge in [0.1, 0.15) is 0 Å². The molecule has 1 heterocycles. The van der Waals surface area contributed by atoms with E-state index < -0.39 is 0 Å². The lowest BCUT2D eigenvalue weighted by Crippen LogP contribution is -2.16. The Morgan fingerprint density at radius 1 is 1.54 bits per heavy atom. The Bertz CT molecular complexity index is 291. The number of rotatable bonds is 3. The summed E-state index contributed by atoms with van der Waals surface area (Å²) < 4.78 is 14.5. The van der Waals surface area contributed by atoms with Gasteiger partial charge in [-0.2, -0.15) is 4.39 Å². The van der Waals surface area contributed by atoms with E-state index in [4.69, 9.17) is 0 Å². The van der Waals surface area contributed by atoms with Gasteiger partial charge in [0.05, 0.1) is 2.88 Å². The van der Waals surface area contributed by atoms with Crippen LogP contribution in [-0.4, -0.2) is 0 Å². The second-order valence-electron chi connectivity index (χ2n) is 3.87. The van der Waals surface area contributed by atoms with Gasteiger partial charge in [-0.1, -0.05) is 38.5 Å². The highest BCUT2D eigenvalue weighted by molar-refractivity contribution is 14.1. The maximum atomic E-state index is 13.4. The summed E-state index contributed by atoms with van der Waals surface area (Å²) in [6.45, 7) is 6.35. The first-order valence-electron chi connectivity index (χ1n) is 4.42. The van der Waals surface area contributed by atoms with E-state index in [2.05, 4.69) is 43.4 Å². The third-order valence-corrected chi connectivity index (χ3v) is 3.94. The lowest BCUT2D eigenvalue weighted by atomic mass is 9.82. The molecule has 1 aromatic rings. The van der Waals surface area contributed by atoms with Crippen molar-refractivity contribution in [1.29, 1.82) is 0 Å². The molecular weight excluding hydrogens is 298 g/mol. The van der Waals surface area contributed by atoms with Crippen LogP contribution in [0.1, 0.15) is 39.2 Å². The third kappa shape index (κ3) is 2.65. The molecule has 0 saturated carbocycles. The van der Waals surface area contributed by atoms with E-state index in [0.29, 0.717) is 0 Å². The van der Waals surface area contributed by atoms with Crippen LogP contribution in [0.2, 0.25) is 0 Å². The Labute approximate surface area is 96.7 Å². The number of halogens is 2. The molecule has 0 aliphatic rings. The van der Waals surface area contributed by atoms with Crippen LogP contribution in [-0.2, 0) is 5.41 Å². The summed E-state index contributed by atoms with van der Waals surface area (Å²) in [5.41, 5.74) is 0.863. The Morgan fingerprint density at radius 3 is 2.54 bits per heavy atom. The van der Waals surface area contributed by atoms with Gasteiger partial charge in [-0.3, -0.25) is 0 Å². The van der Waals surface area contributed by atoms with Gasteiger partial charge in [-0.25, -0.2) is 0 Å². The number of thiophene rings is 1. The molecule has 0 amide bonds. The summed E-state index contributed by atoms with van der Waals surface area (Å²) in [5.74, 6) is 0. The van der Waals surface area contributed by atoms with Crippen molar-refractivity contribution in [2.45, 2.75) is 39.0 Å². The zero-order chi connectivity index (χ0) is 10.1. The highest BCUT2D eigenvalue weighted by Crippen LogP contribution is 2.35. The van der Waals surface area contributed by atoms with Crippen LogP contribution in [0.25, 0.3) is 0 Å². The van der Waals surface area contributed by atoms with Gasteiger partial charge in [0.25, 0.3) is 0 Å². The van der Waals surface area contributed by atoms with Crippen LogP contribution in [0.15, 0.2) is 6.07 Å². The van der Waals surface area contributed by atoms with Gasteiger partial charge < -0.3 is 0 Å². The fraction of sp³-hybridized carbons (Fsp3) is 0.600. The summed E-state index contributed by atoms with van der Waals surface area (Å²) in [7, 11) is 0. The molecule has 74 valence electrons. The van der Waals surface area contributed by atoms with Crippen molar-refractivity contribution in [3.05, 3.63) is 19.6 Å². The zero-order valence-corrected chi connectivity index (χ0v) is 11.1. The molecular formula is C10H14FIS. The van der Waals surface area contributed by atoms with E-state index in [1.54, 1.807) is 0 Å². The van der Waals surface area contributed by atoms with Crippen molar-refractivity contribution in [1.82, 2.24) is 0 Å². The maximum Gasteiger partial charge on any atom is 0.181 e. The Kier molecular flexibility index (Phi) is 3.74. The summed E-state index contributed by atoms with van der Waals surface area (Å²) in [6, 6.07) is 1.97. The second-order valence-corrected chi connectivity index (χ2v) is 6.77. The van der Waals surface area contributed by atoms with Crippen molar-refractivity contribution in [3.63, 3.8) is 0 Å². The molecule has 0 aliphatic heterocycles. The van der Waals surface area contributed by atoms with Gasteiger partial charge in [0.15, 0.2) is 5.13 Å². The van der Waals surface area contributed by atoms with E-state index in [9.17, 15) is 4.39 Å². The number of hydrogen-bond donors (Lipinski definition) is 0. The first-order valence-corrected chi connectivity index (χ1v) is 6.32. The first kappa shape index (κ1) is 11.4. The monoisotopic (exact) mass is 312 g/mol. The molecule has 1 rings (SSSR count). The van der Waals surface area contributed by atoms with E-state index in [0.717, 1.165) is 21.3 Å². The molecule has 13 heavy (non-hydrogen) atoms. The molecule has 0 aromatic carbocycles. The minimum Gasteiger partial charge on any atom is -0.195 e. The summed E-state index contributed by atoms with van der Waals surface area (Å²) in [4.78, 5) is 0. The van der Waals surface area contributed by atoms with Crippen LogP contribution in [0, 0.1) is 8.01 Å². The summed E-state index contributed by atoms with van der Waals surface area (Å²) in [5, 5.41) is -0.0112. The van der Waals surface area contributed by atoms with Crippen LogP contribution in [0.3, 0.4) is 0 Å². The van der Waals surface area contributed by atoms with E-state index in [1.807, 2.05) is 6.07 Å². The average molecular weight is 312 g/mol. The molecule has 0 bridgehead atoms. The smallest absolute Gasteiger partial charge is 0.181 e. The van der Waals surface area contributed by atoms with Crippen molar-refractivity contribution >= 4 is 33.9 Å². The molecule has 3 heteroatoms.